The number of carbonyl (C=O) groups excluding carboxylic acids is 1. The zero-order valence-corrected chi connectivity index (χ0v) is 17.4. The first kappa shape index (κ1) is 20.6. The maximum absolute atomic E-state index is 12.5. The van der Waals surface area contributed by atoms with Crippen LogP contribution in [0.1, 0.15) is 18.1 Å². The summed E-state index contributed by atoms with van der Waals surface area (Å²) >= 11 is 0. The lowest BCUT2D eigenvalue weighted by atomic mass is 10.1. The third-order valence-electron chi connectivity index (χ3n) is 4.73. The van der Waals surface area contributed by atoms with Crippen molar-refractivity contribution in [1.82, 2.24) is 4.72 Å². The predicted octanol–water partition coefficient (Wildman–Crippen LogP) is 1.97. The number of methoxy groups -OCH3 is 1. The van der Waals surface area contributed by atoms with Gasteiger partial charge in [0.05, 0.1) is 12.0 Å². The number of nitrogens with zero attached hydrogens (tertiary/aromatic N) is 1. The van der Waals surface area contributed by atoms with Gasteiger partial charge in [0.15, 0.2) is 0 Å². The molecule has 160 valence electrons. The average molecular weight is 442 g/mol. The zero-order valence-electron chi connectivity index (χ0n) is 16.6. The van der Waals surface area contributed by atoms with E-state index in [1.165, 1.54) is 26.2 Å². The minimum Gasteiger partial charge on any atom is -0.497 e. The van der Waals surface area contributed by atoms with Crippen molar-refractivity contribution in [2.45, 2.75) is 24.5 Å². The maximum atomic E-state index is 12.5. The van der Waals surface area contributed by atoms with E-state index in [4.69, 9.17) is 13.9 Å². The van der Waals surface area contributed by atoms with Crippen molar-refractivity contribution in [1.29, 1.82) is 0 Å². The van der Waals surface area contributed by atoms with Crippen molar-refractivity contribution in [3.05, 3.63) is 70.1 Å². The maximum Gasteiger partial charge on any atom is 0.336 e. The summed E-state index contributed by atoms with van der Waals surface area (Å²) in [5, 5.41) is 0.602. The molecular formula is C21H18N2O7S. The molecular weight excluding hydrogens is 424 g/mol. The van der Waals surface area contributed by atoms with Crippen LogP contribution < -0.4 is 15.1 Å². The highest BCUT2D eigenvalue weighted by atomic mass is 32.2. The largest absolute Gasteiger partial charge is 0.497 e. The van der Waals surface area contributed by atoms with E-state index in [2.05, 4.69) is 9.71 Å². The number of ether oxygens (including phenoxy) is 2. The number of hydrogen-bond acceptors (Lipinski definition) is 8. The second-order valence-electron chi connectivity index (χ2n) is 6.82. The molecule has 1 atom stereocenters. The monoisotopic (exact) mass is 442 g/mol. The Balaban J connectivity index is 1.54. The van der Waals surface area contributed by atoms with Crippen LogP contribution in [0.3, 0.4) is 0 Å². The molecule has 1 aliphatic rings. The van der Waals surface area contributed by atoms with Gasteiger partial charge >= 0.3 is 11.6 Å². The van der Waals surface area contributed by atoms with E-state index in [0.29, 0.717) is 27.8 Å². The molecule has 0 radical (unpaired) electrons. The molecule has 9 nitrogen and oxygen atoms in total. The van der Waals surface area contributed by atoms with Crippen molar-refractivity contribution in [3.63, 3.8) is 0 Å². The van der Waals surface area contributed by atoms with Gasteiger partial charge in [-0.05, 0) is 31.2 Å². The van der Waals surface area contributed by atoms with E-state index in [9.17, 15) is 18.0 Å². The average Bonchev–Trinajstić information content (AvgIpc) is 3.01. The number of hydrogen-bond donors (Lipinski definition) is 1. The Morgan fingerprint density at radius 2 is 1.97 bits per heavy atom. The molecule has 4 rings (SSSR count). The number of nitrogens with one attached hydrogen (secondary N) is 1. The highest BCUT2D eigenvalue weighted by molar-refractivity contribution is 7.90. The van der Waals surface area contributed by atoms with Crippen molar-refractivity contribution >= 4 is 32.8 Å². The fourth-order valence-electron chi connectivity index (χ4n) is 3.20. The first-order valence-electron chi connectivity index (χ1n) is 9.26. The molecule has 0 fully saturated rings. The van der Waals surface area contributed by atoms with Crippen LogP contribution in [0.4, 0.5) is 0 Å². The smallest absolute Gasteiger partial charge is 0.336 e. The number of amidine groups is 1. The van der Waals surface area contributed by atoms with Crippen molar-refractivity contribution < 1.29 is 27.1 Å². The van der Waals surface area contributed by atoms with Crippen LogP contribution in [-0.2, 0) is 26.2 Å². The number of carbonyl (C=O) groups is 1. The Morgan fingerprint density at radius 3 is 2.74 bits per heavy atom. The van der Waals surface area contributed by atoms with Gasteiger partial charge in [-0.3, -0.25) is 9.71 Å². The number of fused-ring (bicyclic) bond motifs is 2. The van der Waals surface area contributed by atoms with Gasteiger partial charge in [-0.15, -0.1) is 0 Å². The summed E-state index contributed by atoms with van der Waals surface area (Å²) in [6.45, 7) is 1.32. The third kappa shape index (κ3) is 4.02. The molecule has 0 spiro atoms. The van der Waals surface area contributed by atoms with Gasteiger partial charge < -0.3 is 13.9 Å². The summed E-state index contributed by atoms with van der Waals surface area (Å²) in [4.78, 5) is 28.6. The lowest BCUT2D eigenvalue weighted by molar-refractivity contribution is -0.145. The fourth-order valence-corrected chi connectivity index (χ4v) is 4.44. The second kappa shape index (κ2) is 7.88. The van der Waals surface area contributed by atoms with Crippen LogP contribution in [0.15, 0.2) is 67.6 Å². The van der Waals surface area contributed by atoms with E-state index in [1.807, 2.05) is 0 Å². The van der Waals surface area contributed by atoms with Crippen LogP contribution in [-0.4, -0.2) is 33.4 Å². The van der Waals surface area contributed by atoms with Crippen molar-refractivity contribution in [3.8, 4) is 5.75 Å². The number of benzene rings is 2. The van der Waals surface area contributed by atoms with Crippen molar-refractivity contribution in [2.24, 2.45) is 4.99 Å². The Kier molecular flexibility index (Phi) is 5.24. The van der Waals surface area contributed by atoms with E-state index in [-0.39, 0.29) is 17.3 Å². The number of sulfonamides is 1. The Labute approximate surface area is 177 Å². The Morgan fingerprint density at radius 1 is 1.19 bits per heavy atom. The number of rotatable bonds is 5. The van der Waals surface area contributed by atoms with Crippen LogP contribution >= 0.6 is 0 Å². The Bertz CT molecular complexity index is 1380. The summed E-state index contributed by atoms with van der Waals surface area (Å²) in [5.74, 6) is -0.0718. The van der Waals surface area contributed by atoms with Gasteiger partial charge in [-0.25, -0.2) is 18.0 Å². The topological polar surface area (TPSA) is 124 Å². The molecule has 1 aliphatic heterocycles. The third-order valence-corrected chi connectivity index (χ3v) is 6.13. The van der Waals surface area contributed by atoms with Gasteiger partial charge in [0.1, 0.15) is 29.8 Å². The minimum atomic E-state index is -3.70. The predicted molar refractivity (Wildman–Crippen MR) is 112 cm³/mol. The summed E-state index contributed by atoms with van der Waals surface area (Å²) < 4.78 is 42.3. The molecule has 0 bridgehead atoms. The highest BCUT2D eigenvalue weighted by Crippen LogP contribution is 2.24. The number of esters is 1. The minimum absolute atomic E-state index is 0.0814. The summed E-state index contributed by atoms with van der Waals surface area (Å²) in [5.41, 5.74) is 0.581. The quantitative estimate of drug-likeness (QED) is 0.473. The molecule has 10 heteroatoms. The SMILES string of the molecule is COc1ccc2c(COC(=O)[C@H](C)N=C3NS(=O)(=O)c4ccccc43)cc(=O)oc2c1. The van der Waals surface area contributed by atoms with Crippen LogP contribution in [0.2, 0.25) is 0 Å². The summed E-state index contributed by atoms with van der Waals surface area (Å²) in [7, 11) is -2.21. The van der Waals surface area contributed by atoms with Crippen molar-refractivity contribution in [2.75, 3.05) is 7.11 Å². The first-order valence-corrected chi connectivity index (χ1v) is 10.7. The van der Waals surface area contributed by atoms with E-state index < -0.39 is 27.7 Å². The van der Waals surface area contributed by atoms with Crippen LogP contribution in [0.5, 0.6) is 5.75 Å². The molecule has 1 N–H and O–H groups in total. The molecule has 1 aromatic heterocycles. The van der Waals surface area contributed by atoms with Crippen LogP contribution in [0.25, 0.3) is 11.0 Å². The lowest BCUT2D eigenvalue weighted by Gasteiger charge is -2.11. The molecule has 0 aliphatic carbocycles. The van der Waals surface area contributed by atoms with Gasteiger partial charge in [0.25, 0.3) is 10.0 Å². The standard InChI is InChI=1S/C21H18N2O7S/c1-12(22-20-16-5-3-4-6-18(16)31(26,27)23-20)21(25)29-11-13-9-19(24)30-17-10-14(28-2)7-8-15(13)17/h3-10,12H,11H2,1-2H3,(H,22,23)/t12-/m0/s1. The molecule has 0 saturated heterocycles. The normalized spacial score (nSPS) is 16.5. The molecule has 2 aromatic carbocycles. The van der Waals surface area contributed by atoms with E-state index >= 15 is 0 Å². The fraction of sp³-hybridized carbons (Fsp3) is 0.190. The number of aliphatic imine (C=N–C) groups is 1. The highest BCUT2D eigenvalue weighted by Gasteiger charge is 2.31. The lowest BCUT2D eigenvalue weighted by Crippen LogP contribution is -2.26. The van der Waals surface area contributed by atoms with Crippen LogP contribution in [0, 0.1) is 0 Å². The second-order valence-corrected chi connectivity index (χ2v) is 8.47. The summed E-state index contributed by atoms with van der Waals surface area (Å²) in [6.07, 6.45) is 0. The molecule has 0 amide bonds. The van der Waals surface area contributed by atoms with Gasteiger partial charge in [-0.1, -0.05) is 12.1 Å². The molecule has 2 heterocycles. The molecule has 31 heavy (non-hydrogen) atoms. The van der Waals surface area contributed by atoms with Gasteiger partial charge in [0.2, 0.25) is 0 Å². The van der Waals surface area contributed by atoms with Gasteiger partial charge in [-0.2, -0.15) is 0 Å². The van der Waals surface area contributed by atoms with E-state index in [0.717, 1.165) is 0 Å². The summed E-state index contributed by atoms with van der Waals surface area (Å²) in [6, 6.07) is 11.6. The van der Waals surface area contributed by atoms with E-state index in [1.54, 1.807) is 36.4 Å². The molecule has 3 aromatic rings. The van der Waals surface area contributed by atoms with Gasteiger partial charge in [0, 0.05) is 28.6 Å². The Hall–Kier alpha value is -3.66. The first-order chi connectivity index (χ1) is 14.8. The zero-order chi connectivity index (χ0) is 22.2. The molecule has 0 unspecified atom stereocenters. The molecule has 0 saturated carbocycles.